The van der Waals surface area contributed by atoms with Gasteiger partial charge in [-0.15, -0.1) is 0 Å². The third-order valence-electron chi connectivity index (χ3n) is 18.5. The van der Waals surface area contributed by atoms with Crippen LogP contribution in [0.3, 0.4) is 0 Å². The van der Waals surface area contributed by atoms with Crippen LogP contribution in [0, 0.1) is 38.9 Å². The van der Waals surface area contributed by atoms with E-state index in [0.29, 0.717) is 92.1 Å². The summed E-state index contributed by atoms with van der Waals surface area (Å²) in [7, 11) is 0. The SMILES string of the molecule is CCC1CC(COCC(COCC2OC(CC)C23CCCCC3)(COCC2OC(CC)C23CCCCC3)COCC2OC(CC)C23CCCCC3)C12CCCCC2. The van der Waals surface area contributed by atoms with Gasteiger partial charge < -0.3 is 33.2 Å². The van der Waals surface area contributed by atoms with E-state index in [4.69, 9.17) is 33.2 Å². The fourth-order valence-electron chi connectivity index (χ4n) is 15.1. The second kappa shape index (κ2) is 19.0. The van der Waals surface area contributed by atoms with E-state index in [0.717, 1.165) is 31.8 Å². The first-order valence-electron chi connectivity index (χ1n) is 25.2. The van der Waals surface area contributed by atoms with Crippen molar-refractivity contribution in [2.24, 2.45) is 38.9 Å². The Kier molecular flexibility index (Phi) is 14.5. The Morgan fingerprint density at radius 1 is 0.368 bits per heavy atom. The lowest BCUT2D eigenvalue weighted by atomic mass is 9.47. The number of hydrogen-bond donors (Lipinski definition) is 0. The summed E-state index contributed by atoms with van der Waals surface area (Å²) in [5.74, 6) is 1.54. The third-order valence-corrected chi connectivity index (χ3v) is 18.5. The molecule has 0 bridgehead atoms. The highest BCUT2D eigenvalue weighted by Gasteiger charge is 2.58. The molecule has 5 aliphatic carbocycles. The van der Waals surface area contributed by atoms with Gasteiger partial charge in [0.2, 0.25) is 0 Å². The fourth-order valence-corrected chi connectivity index (χ4v) is 15.1. The quantitative estimate of drug-likeness (QED) is 0.122. The van der Waals surface area contributed by atoms with Gasteiger partial charge in [-0.2, -0.15) is 0 Å². The van der Waals surface area contributed by atoms with Crippen LogP contribution < -0.4 is 0 Å². The van der Waals surface area contributed by atoms with Crippen LogP contribution in [-0.4, -0.2) is 89.5 Å². The molecule has 328 valence electrons. The molecule has 3 saturated heterocycles. The van der Waals surface area contributed by atoms with E-state index >= 15 is 0 Å². The predicted molar refractivity (Wildman–Crippen MR) is 227 cm³/mol. The van der Waals surface area contributed by atoms with Crippen molar-refractivity contribution >= 4 is 0 Å². The van der Waals surface area contributed by atoms with Gasteiger partial charge in [-0.25, -0.2) is 0 Å². The number of hydrogen-bond acceptors (Lipinski definition) is 7. The summed E-state index contributed by atoms with van der Waals surface area (Å²) in [6.07, 6.45) is 34.4. The van der Waals surface area contributed by atoms with Crippen molar-refractivity contribution < 1.29 is 33.2 Å². The molecule has 8 aliphatic rings. The molecule has 0 aromatic rings. The average Bonchev–Trinajstić information content (AvgIpc) is 3.25. The minimum atomic E-state index is -0.414. The zero-order valence-corrected chi connectivity index (χ0v) is 37.3. The summed E-state index contributed by atoms with van der Waals surface area (Å²) in [6.45, 7) is 14.4. The highest BCUT2D eigenvalue weighted by Crippen LogP contribution is 2.61. The fraction of sp³-hybridized carbons (Fsp3) is 1.00. The van der Waals surface area contributed by atoms with Gasteiger partial charge in [0.05, 0.1) is 88.3 Å². The van der Waals surface area contributed by atoms with Crippen molar-refractivity contribution in [2.75, 3.05) is 52.9 Å². The monoisotopic (exact) mass is 799 g/mol. The molecule has 0 N–H and O–H groups in total. The lowest BCUT2D eigenvalue weighted by Crippen LogP contribution is -2.62. The molecular formula is C50H86O7. The second-order valence-electron chi connectivity index (χ2n) is 21.3. The second-order valence-corrected chi connectivity index (χ2v) is 21.3. The smallest absolute Gasteiger partial charge is 0.0893 e. The molecule has 8 atom stereocenters. The molecule has 0 radical (unpaired) electrons. The van der Waals surface area contributed by atoms with Crippen LogP contribution >= 0.6 is 0 Å². The van der Waals surface area contributed by atoms with Gasteiger partial charge >= 0.3 is 0 Å². The maximum atomic E-state index is 7.02. The third kappa shape index (κ3) is 8.24. The van der Waals surface area contributed by atoms with E-state index in [1.165, 1.54) is 141 Å². The summed E-state index contributed by atoms with van der Waals surface area (Å²) in [5.41, 5.74) is 0.978. The van der Waals surface area contributed by atoms with E-state index in [1.807, 2.05) is 0 Å². The summed E-state index contributed by atoms with van der Waals surface area (Å²) in [5, 5.41) is 0. The van der Waals surface area contributed by atoms with Crippen LogP contribution in [0.5, 0.6) is 0 Å². The van der Waals surface area contributed by atoms with Crippen LogP contribution in [-0.2, 0) is 33.2 Å². The van der Waals surface area contributed by atoms with Crippen molar-refractivity contribution in [3.63, 3.8) is 0 Å². The first-order chi connectivity index (χ1) is 27.9. The standard InChI is InChI=1S/C50H86O7/c1-5-38-29-39(47(38)21-13-9-14-22-47)30-51-34-46(35-52-31-43-48(40(6-2)55-43)23-15-10-16-24-48,36-53-32-44-49(41(7-3)56-44)25-17-11-18-26-49)37-54-33-45-50(42(8-4)57-45)27-19-12-20-28-50/h38-45H,5-37H2,1-4H3. The molecule has 3 aliphatic heterocycles. The summed E-state index contributed by atoms with van der Waals surface area (Å²) in [6, 6.07) is 0. The Balaban J connectivity index is 0.976. The van der Waals surface area contributed by atoms with Crippen molar-refractivity contribution in [1.82, 2.24) is 0 Å². The molecule has 8 fully saturated rings. The average molecular weight is 799 g/mol. The molecule has 4 spiro atoms. The Bertz CT molecular complexity index is 1040. The van der Waals surface area contributed by atoms with Crippen LogP contribution in [0.1, 0.15) is 188 Å². The molecule has 0 amide bonds. The predicted octanol–water partition coefficient (Wildman–Crippen LogP) is 11.4. The van der Waals surface area contributed by atoms with E-state index < -0.39 is 5.41 Å². The van der Waals surface area contributed by atoms with Crippen LogP contribution in [0.15, 0.2) is 0 Å². The minimum Gasteiger partial charge on any atom is -0.380 e. The van der Waals surface area contributed by atoms with Gasteiger partial charge in [-0.3, -0.25) is 0 Å². The van der Waals surface area contributed by atoms with Crippen molar-refractivity contribution in [3.8, 4) is 0 Å². The molecule has 3 heterocycles. The molecule has 8 rings (SSSR count). The Morgan fingerprint density at radius 2 is 0.684 bits per heavy atom. The number of ether oxygens (including phenoxy) is 7. The van der Waals surface area contributed by atoms with Gasteiger partial charge in [0, 0.05) is 22.9 Å². The van der Waals surface area contributed by atoms with E-state index in [9.17, 15) is 0 Å². The first-order valence-corrected chi connectivity index (χ1v) is 25.2. The first kappa shape index (κ1) is 43.4. The van der Waals surface area contributed by atoms with Gasteiger partial charge in [-0.1, -0.05) is 111 Å². The maximum Gasteiger partial charge on any atom is 0.0893 e. The zero-order chi connectivity index (χ0) is 39.4. The molecular weight excluding hydrogens is 713 g/mol. The van der Waals surface area contributed by atoms with E-state index in [1.54, 1.807) is 0 Å². The Hall–Kier alpha value is -0.280. The van der Waals surface area contributed by atoms with E-state index in [2.05, 4.69) is 27.7 Å². The Labute approximate surface area is 348 Å². The van der Waals surface area contributed by atoms with Crippen molar-refractivity contribution in [1.29, 1.82) is 0 Å². The van der Waals surface area contributed by atoms with Gasteiger partial charge in [0.1, 0.15) is 0 Å². The molecule has 57 heavy (non-hydrogen) atoms. The largest absolute Gasteiger partial charge is 0.380 e. The summed E-state index contributed by atoms with van der Waals surface area (Å²) in [4.78, 5) is 0. The zero-order valence-electron chi connectivity index (χ0n) is 37.3. The van der Waals surface area contributed by atoms with Crippen LogP contribution in [0.2, 0.25) is 0 Å². The number of rotatable bonds is 20. The van der Waals surface area contributed by atoms with Crippen molar-refractivity contribution in [2.45, 2.75) is 225 Å². The van der Waals surface area contributed by atoms with E-state index in [-0.39, 0.29) is 18.3 Å². The highest BCUT2D eigenvalue weighted by atomic mass is 16.6. The van der Waals surface area contributed by atoms with Crippen molar-refractivity contribution in [3.05, 3.63) is 0 Å². The molecule has 0 aromatic carbocycles. The van der Waals surface area contributed by atoms with Crippen LogP contribution in [0.25, 0.3) is 0 Å². The normalized spacial score (nSPS) is 37.3. The minimum absolute atomic E-state index is 0.191. The van der Waals surface area contributed by atoms with Crippen LogP contribution in [0.4, 0.5) is 0 Å². The topological polar surface area (TPSA) is 64.6 Å². The molecule has 7 nitrogen and oxygen atoms in total. The molecule has 7 heteroatoms. The lowest BCUT2D eigenvalue weighted by Gasteiger charge is -2.59. The summed E-state index contributed by atoms with van der Waals surface area (Å²) >= 11 is 0. The maximum absolute atomic E-state index is 7.02. The summed E-state index contributed by atoms with van der Waals surface area (Å²) < 4.78 is 47.6. The highest BCUT2D eigenvalue weighted by molar-refractivity contribution is 5.06. The lowest BCUT2D eigenvalue weighted by molar-refractivity contribution is -0.289. The van der Waals surface area contributed by atoms with Gasteiger partial charge in [-0.05, 0) is 94.3 Å². The van der Waals surface area contributed by atoms with Gasteiger partial charge in [0.25, 0.3) is 0 Å². The molecule has 0 aromatic heterocycles. The Morgan fingerprint density at radius 3 is 1.00 bits per heavy atom. The molecule has 5 saturated carbocycles. The molecule has 8 unspecified atom stereocenters. The van der Waals surface area contributed by atoms with Gasteiger partial charge in [0.15, 0.2) is 0 Å².